The van der Waals surface area contributed by atoms with Gasteiger partial charge in [-0.15, -0.1) is 0 Å². The van der Waals surface area contributed by atoms with E-state index in [4.69, 9.17) is 5.73 Å². The molecule has 0 heterocycles. The summed E-state index contributed by atoms with van der Waals surface area (Å²) < 4.78 is 49.3. The van der Waals surface area contributed by atoms with Crippen molar-refractivity contribution < 1.29 is 17.6 Å². The van der Waals surface area contributed by atoms with E-state index in [1.54, 1.807) is 0 Å². The fourth-order valence-electron chi connectivity index (χ4n) is 0.965. The summed E-state index contributed by atoms with van der Waals surface area (Å²) in [6.07, 6.45) is -3.69. The van der Waals surface area contributed by atoms with Gasteiger partial charge in [-0.25, -0.2) is 8.78 Å². The number of nitrogen functional groups attached to an aromatic ring is 1. The van der Waals surface area contributed by atoms with Crippen molar-refractivity contribution in [3.63, 3.8) is 0 Å². The quantitative estimate of drug-likeness (QED) is 0.661. The van der Waals surface area contributed by atoms with Crippen molar-refractivity contribution in [3.8, 4) is 0 Å². The van der Waals surface area contributed by atoms with Crippen molar-refractivity contribution in [1.29, 1.82) is 0 Å². The van der Waals surface area contributed by atoms with Crippen molar-refractivity contribution in [1.82, 2.24) is 0 Å². The minimum Gasteiger partial charge on any atom is -0.399 e. The van der Waals surface area contributed by atoms with Crippen LogP contribution in [0.15, 0.2) is 22.7 Å². The van der Waals surface area contributed by atoms with E-state index < -0.39 is 18.9 Å². The van der Waals surface area contributed by atoms with Gasteiger partial charge in [-0.2, -0.15) is 8.78 Å². The minimum atomic E-state index is -4.05. The number of nitrogens with two attached hydrogens (primary N) is 1. The van der Waals surface area contributed by atoms with E-state index in [0.717, 1.165) is 0 Å². The molecule has 1 aromatic carbocycles. The predicted octanol–water partition coefficient (Wildman–Crippen LogP) is 3.34. The lowest BCUT2D eigenvalue weighted by atomic mass is 10.2. The maximum atomic E-state index is 12.6. The highest BCUT2D eigenvalue weighted by Crippen LogP contribution is 2.27. The topological polar surface area (TPSA) is 38.0 Å². The lowest BCUT2D eigenvalue weighted by molar-refractivity contribution is -0.117. The van der Waals surface area contributed by atoms with Crippen molar-refractivity contribution in [3.05, 3.63) is 22.7 Å². The van der Waals surface area contributed by atoms with Gasteiger partial charge in [0.2, 0.25) is 0 Å². The first-order valence-electron chi connectivity index (χ1n) is 4.28. The summed E-state index contributed by atoms with van der Waals surface area (Å²) in [5.74, 6) is -4.05. The largest absolute Gasteiger partial charge is 0.399 e. The molecule has 0 fully saturated rings. The van der Waals surface area contributed by atoms with Gasteiger partial charge in [-0.3, -0.25) is 0 Å². The lowest BCUT2D eigenvalue weighted by Gasteiger charge is -2.17. The Bertz CT molecular complexity index is 371. The van der Waals surface area contributed by atoms with Gasteiger partial charge in [0.1, 0.15) is 0 Å². The molecule has 0 bridgehead atoms. The van der Waals surface area contributed by atoms with Crippen LogP contribution in [0, 0.1) is 0 Å². The number of hydrogen-bond acceptors (Lipinski definition) is 2. The molecule has 0 unspecified atom stereocenters. The van der Waals surface area contributed by atoms with Crippen LogP contribution in [0.4, 0.5) is 28.9 Å². The maximum Gasteiger partial charge on any atom is 0.324 e. The van der Waals surface area contributed by atoms with Crippen LogP contribution in [0.1, 0.15) is 0 Å². The van der Waals surface area contributed by atoms with Gasteiger partial charge in [0.25, 0.3) is 0 Å². The number of nitrogens with one attached hydrogen (secondary N) is 1. The molecule has 0 aliphatic carbocycles. The molecule has 0 aliphatic rings. The second-order valence-corrected chi connectivity index (χ2v) is 4.01. The Hall–Kier alpha value is -0.980. The molecule has 0 saturated carbocycles. The first-order valence-corrected chi connectivity index (χ1v) is 5.07. The molecule has 1 aromatic rings. The number of alkyl halides is 4. The number of hydrogen-bond donors (Lipinski definition) is 2. The Morgan fingerprint density at radius 3 is 2.50 bits per heavy atom. The van der Waals surface area contributed by atoms with Gasteiger partial charge in [0, 0.05) is 15.8 Å². The molecule has 0 aromatic heterocycles. The third-order valence-electron chi connectivity index (χ3n) is 1.83. The van der Waals surface area contributed by atoms with E-state index in [-0.39, 0.29) is 5.69 Å². The molecule has 0 saturated heterocycles. The lowest BCUT2D eigenvalue weighted by Crippen LogP contribution is -2.34. The predicted molar refractivity (Wildman–Crippen MR) is 58.0 cm³/mol. The second kappa shape index (κ2) is 4.90. The highest BCUT2D eigenvalue weighted by Gasteiger charge is 2.40. The Balaban J connectivity index is 2.68. The van der Waals surface area contributed by atoms with Crippen molar-refractivity contribution in [2.75, 3.05) is 17.6 Å². The van der Waals surface area contributed by atoms with E-state index in [1.807, 2.05) is 0 Å². The third-order valence-corrected chi connectivity index (χ3v) is 2.48. The maximum absolute atomic E-state index is 12.6. The molecule has 3 N–H and O–H groups in total. The van der Waals surface area contributed by atoms with Crippen LogP contribution in [-0.2, 0) is 0 Å². The molecule has 1 rings (SSSR count). The molecule has 0 spiro atoms. The molecular weight excluding hydrogens is 292 g/mol. The van der Waals surface area contributed by atoms with Crippen molar-refractivity contribution in [2.45, 2.75) is 12.3 Å². The average Bonchev–Trinajstić information content (AvgIpc) is 2.16. The number of rotatable bonds is 4. The van der Waals surface area contributed by atoms with Crippen LogP contribution < -0.4 is 11.1 Å². The van der Waals surface area contributed by atoms with Gasteiger partial charge in [-0.05, 0) is 34.1 Å². The molecule has 90 valence electrons. The van der Waals surface area contributed by atoms with Crippen LogP contribution in [0.25, 0.3) is 0 Å². The summed E-state index contributed by atoms with van der Waals surface area (Å²) in [6, 6.07) is 4.40. The molecule has 0 aliphatic heterocycles. The standard InChI is InChI=1S/C9H9BrF4N2/c10-6-3-5(15)1-2-7(6)16-4-9(13,14)8(11)12/h1-3,8,16H,4,15H2. The summed E-state index contributed by atoms with van der Waals surface area (Å²) in [5.41, 5.74) is 6.16. The molecule has 0 amide bonds. The first kappa shape index (κ1) is 13.1. The molecule has 0 radical (unpaired) electrons. The first-order chi connectivity index (χ1) is 7.33. The van der Waals surface area contributed by atoms with Gasteiger partial charge in [0.05, 0.1) is 6.54 Å². The zero-order chi connectivity index (χ0) is 12.3. The van der Waals surface area contributed by atoms with Crippen LogP contribution >= 0.6 is 15.9 Å². The van der Waals surface area contributed by atoms with E-state index in [2.05, 4.69) is 21.2 Å². The summed E-state index contributed by atoms with van der Waals surface area (Å²) in [4.78, 5) is 0. The van der Waals surface area contributed by atoms with Gasteiger partial charge < -0.3 is 11.1 Å². The van der Waals surface area contributed by atoms with E-state index in [0.29, 0.717) is 10.2 Å². The van der Waals surface area contributed by atoms with Crippen LogP contribution in [0.3, 0.4) is 0 Å². The Labute approximate surface area is 97.9 Å². The van der Waals surface area contributed by atoms with Crippen LogP contribution in [0.5, 0.6) is 0 Å². The molecule has 0 atom stereocenters. The Morgan fingerprint density at radius 2 is 2.00 bits per heavy atom. The number of benzene rings is 1. The fraction of sp³-hybridized carbons (Fsp3) is 0.333. The smallest absolute Gasteiger partial charge is 0.324 e. The van der Waals surface area contributed by atoms with Crippen LogP contribution in [0.2, 0.25) is 0 Å². The molecule has 16 heavy (non-hydrogen) atoms. The summed E-state index contributed by atoms with van der Waals surface area (Å²) in [5, 5.41) is 2.23. The highest BCUT2D eigenvalue weighted by molar-refractivity contribution is 9.10. The zero-order valence-corrected chi connectivity index (χ0v) is 9.57. The van der Waals surface area contributed by atoms with Gasteiger partial charge >= 0.3 is 12.3 Å². The molecular formula is C9H9BrF4N2. The van der Waals surface area contributed by atoms with Crippen LogP contribution in [-0.4, -0.2) is 18.9 Å². The summed E-state index contributed by atoms with van der Waals surface area (Å²) in [7, 11) is 0. The van der Waals surface area contributed by atoms with Crippen molar-refractivity contribution in [2.24, 2.45) is 0 Å². The normalized spacial score (nSPS) is 11.9. The van der Waals surface area contributed by atoms with E-state index in [9.17, 15) is 17.6 Å². The summed E-state index contributed by atoms with van der Waals surface area (Å²) >= 11 is 3.08. The fourth-order valence-corrected chi connectivity index (χ4v) is 1.50. The Kier molecular flexibility index (Phi) is 4.01. The molecule has 7 heteroatoms. The van der Waals surface area contributed by atoms with E-state index in [1.165, 1.54) is 18.2 Å². The second-order valence-electron chi connectivity index (χ2n) is 3.15. The van der Waals surface area contributed by atoms with E-state index >= 15 is 0 Å². The number of anilines is 2. The zero-order valence-electron chi connectivity index (χ0n) is 7.98. The SMILES string of the molecule is Nc1ccc(NCC(F)(F)C(F)F)c(Br)c1. The average molecular weight is 301 g/mol. The highest BCUT2D eigenvalue weighted by atomic mass is 79.9. The summed E-state index contributed by atoms with van der Waals surface area (Å²) in [6.45, 7) is -1.13. The minimum absolute atomic E-state index is 0.287. The van der Waals surface area contributed by atoms with Gasteiger partial charge in [-0.1, -0.05) is 0 Å². The molecule has 2 nitrogen and oxygen atoms in total. The third kappa shape index (κ3) is 3.26. The van der Waals surface area contributed by atoms with Gasteiger partial charge in [0.15, 0.2) is 0 Å². The Morgan fingerprint density at radius 1 is 1.38 bits per heavy atom. The number of halogens is 5. The van der Waals surface area contributed by atoms with Crippen molar-refractivity contribution >= 4 is 27.3 Å². The monoisotopic (exact) mass is 300 g/mol.